The highest BCUT2D eigenvalue weighted by Gasteiger charge is 2.15. The number of carbonyl (C=O) groups is 1. The summed E-state index contributed by atoms with van der Waals surface area (Å²) in [6.07, 6.45) is 2.81. The van der Waals surface area contributed by atoms with Gasteiger partial charge in [0, 0.05) is 16.2 Å². The molecule has 0 bridgehead atoms. The van der Waals surface area contributed by atoms with Crippen LogP contribution in [0.4, 0.5) is 5.69 Å². The lowest BCUT2D eigenvalue weighted by Gasteiger charge is -2.19. The van der Waals surface area contributed by atoms with Gasteiger partial charge in [-0.15, -0.1) is 0 Å². The van der Waals surface area contributed by atoms with Crippen molar-refractivity contribution in [2.24, 2.45) is 0 Å². The van der Waals surface area contributed by atoms with Crippen molar-refractivity contribution < 1.29 is 14.3 Å². The zero-order chi connectivity index (χ0) is 21.4. The van der Waals surface area contributed by atoms with Crippen LogP contribution >= 0.6 is 15.9 Å². The Labute approximate surface area is 184 Å². The van der Waals surface area contributed by atoms with Crippen LogP contribution < -0.4 is 20.3 Å². The fraction of sp³-hybridized carbons (Fsp3) is 0.143. The first-order valence-electron chi connectivity index (χ1n) is 9.47. The Kier molecular flexibility index (Phi) is 4.91. The summed E-state index contributed by atoms with van der Waals surface area (Å²) >= 11 is 3.39. The molecule has 1 amide bonds. The molecule has 0 aliphatic carbocycles. The number of ether oxygens (including phenoxy) is 2. The van der Waals surface area contributed by atoms with E-state index in [1.807, 2.05) is 24.3 Å². The number of benzene rings is 2. The van der Waals surface area contributed by atoms with Crippen molar-refractivity contribution in [1.29, 1.82) is 0 Å². The lowest BCUT2D eigenvalue weighted by atomic mass is 10.2. The Balaban J connectivity index is 1.37. The average Bonchev–Trinajstić information content (AvgIpc) is 3.21. The van der Waals surface area contributed by atoms with Crippen molar-refractivity contribution in [3.8, 4) is 17.2 Å². The highest BCUT2D eigenvalue weighted by Crippen LogP contribution is 2.32. The molecule has 5 rings (SSSR count). The minimum absolute atomic E-state index is 0.181. The van der Waals surface area contributed by atoms with Crippen LogP contribution in [-0.2, 0) is 11.3 Å². The molecule has 1 N–H and O–H groups in total. The van der Waals surface area contributed by atoms with Gasteiger partial charge in [0.15, 0.2) is 17.1 Å². The summed E-state index contributed by atoms with van der Waals surface area (Å²) in [4.78, 5) is 29.7. The van der Waals surface area contributed by atoms with Crippen molar-refractivity contribution in [3.63, 3.8) is 0 Å². The Morgan fingerprint density at radius 1 is 1.10 bits per heavy atom. The maximum Gasteiger partial charge on any atom is 0.264 e. The molecule has 1 aliphatic rings. The van der Waals surface area contributed by atoms with E-state index >= 15 is 0 Å². The van der Waals surface area contributed by atoms with Crippen LogP contribution in [0.25, 0.3) is 16.7 Å². The van der Waals surface area contributed by atoms with Crippen LogP contribution in [-0.4, -0.2) is 38.5 Å². The Bertz CT molecular complexity index is 1350. The topological polar surface area (TPSA) is 100 Å². The second-order valence-corrected chi connectivity index (χ2v) is 7.77. The number of amides is 1. The van der Waals surface area contributed by atoms with E-state index < -0.39 is 0 Å². The first-order chi connectivity index (χ1) is 15.1. The largest absolute Gasteiger partial charge is 0.486 e. The number of fused-ring (bicyclic) bond motifs is 2. The van der Waals surface area contributed by atoms with Crippen LogP contribution in [0.15, 0.2) is 64.3 Å². The molecule has 2 aromatic carbocycles. The first kappa shape index (κ1) is 19.3. The summed E-state index contributed by atoms with van der Waals surface area (Å²) in [6.45, 7) is 0.772. The molecule has 156 valence electrons. The third-order valence-corrected chi connectivity index (χ3v) is 5.29. The lowest BCUT2D eigenvalue weighted by molar-refractivity contribution is -0.116. The number of anilines is 1. The smallest absolute Gasteiger partial charge is 0.264 e. The molecule has 0 spiro atoms. The van der Waals surface area contributed by atoms with Crippen LogP contribution in [0.1, 0.15) is 0 Å². The Hall–Kier alpha value is -3.66. The van der Waals surface area contributed by atoms with Crippen molar-refractivity contribution in [2.75, 3.05) is 18.5 Å². The fourth-order valence-corrected chi connectivity index (χ4v) is 3.57. The first-order valence-corrected chi connectivity index (χ1v) is 10.3. The quantitative estimate of drug-likeness (QED) is 0.480. The van der Waals surface area contributed by atoms with E-state index in [9.17, 15) is 9.59 Å². The molecule has 0 atom stereocenters. The van der Waals surface area contributed by atoms with Gasteiger partial charge in [0.1, 0.15) is 31.5 Å². The molecule has 0 radical (unpaired) electrons. The van der Waals surface area contributed by atoms with Gasteiger partial charge >= 0.3 is 0 Å². The molecular weight excluding hydrogens is 466 g/mol. The van der Waals surface area contributed by atoms with Gasteiger partial charge in [-0.1, -0.05) is 15.9 Å². The molecule has 9 nitrogen and oxygen atoms in total. The number of carbonyl (C=O) groups excluding carboxylic acids is 1. The molecule has 1 aliphatic heterocycles. The number of hydrogen-bond donors (Lipinski definition) is 1. The van der Waals surface area contributed by atoms with Crippen LogP contribution in [0.3, 0.4) is 0 Å². The van der Waals surface area contributed by atoms with E-state index in [-0.39, 0.29) is 18.0 Å². The summed E-state index contributed by atoms with van der Waals surface area (Å²) in [5.74, 6) is 0.850. The zero-order valence-electron chi connectivity index (χ0n) is 16.1. The highest BCUT2D eigenvalue weighted by atomic mass is 79.9. The Morgan fingerprint density at radius 3 is 2.68 bits per heavy atom. The summed E-state index contributed by atoms with van der Waals surface area (Å²) in [6, 6.07) is 12.6. The minimum atomic E-state index is -0.361. The van der Waals surface area contributed by atoms with E-state index in [2.05, 4.69) is 31.3 Å². The van der Waals surface area contributed by atoms with E-state index in [1.165, 1.54) is 17.1 Å². The number of aromatic nitrogens is 4. The van der Waals surface area contributed by atoms with Crippen LogP contribution in [0.2, 0.25) is 0 Å². The van der Waals surface area contributed by atoms with Crippen molar-refractivity contribution in [3.05, 3.63) is 69.8 Å². The summed E-state index contributed by atoms with van der Waals surface area (Å²) in [7, 11) is 0. The third-order valence-electron chi connectivity index (χ3n) is 4.77. The highest BCUT2D eigenvalue weighted by molar-refractivity contribution is 9.10. The van der Waals surface area contributed by atoms with E-state index in [0.717, 1.165) is 10.2 Å². The SMILES string of the molecule is O=C(Cn1cnc2c(cnn2-c2ccc(Br)cc2)c1=O)Nc1ccc2c(c1)OCCO2. The molecule has 0 saturated heterocycles. The van der Waals surface area contributed by atoms with Gasteiger partial charge in [-0.3, -0.25) is 14.2 Å². The van der Waals surface area contributed by atoms with Crippen LogP contribution in [0.5, 0.6) is 11.5 Å². The van der Waals surface area contributed by atoms with Gasteiger partial charge in [0.25, 0.3) is 5.56 Å². The minimum Gasteiger partial charge on any atom is -0.486 e. The maximum absolute atomic E-state index is 12.9. The number of rotatable bonds is 4. The van der Waals surface area contributed by atoms with E-state index in [0.29, 0.717) is 41.4 Å². The number of nitrogens with one attached hydrogen (secondary N) is 1. The second-order valence-electron chi connectivity index (χ2n) is 6.85. The van der Waals surface area contributed by atoms with E-state index in [4.69, 9.17) is 9.47 Å². The normalized spacial score (nSPS) is 12.7. The Morgan fingerprint density at radius 2 is 1.87 bits per heavy atom. The fourth-order valence-electron chi connectivity index (χ4n) is 3.31. The van der Waals surface area contributed by atoms with Gasteiger partial charge in [0.05, 0.1) is 11.9 Å². The predicted molar refractivity (Wildman–Crippen MR) is 117 cm³/mol. The van der Waals surface area contributed by atoms with E-state index in [1.54, 1.807) is 22.9 Å². The molecule has 31 heavy (non-hydrogen) atoms. The van der Waals surface area contributed by atoms with Crippen molar-refractivity contribution in [1.82, 2.24) is 19.3 Å². The third kappa shape index (κ3) is 3.77. The maximum atomic E-state index is 12.9. The number of hydrogen-bond acceptors (Lipinski definition) is 6. The molecule has 0 unspecified atom stereocenters. The molecule has 4 aromatic rings. The average molecular weight is 482 g/mol. The van der Waals surface area contributed by atoms with Gasteiger partial charge < -0.3 is 14.8 Å². The van der Waals surface area contributed by atoms with Gasteiger partial charge in [0.2, 0.25) is 5.91 Å². The van der Waals surface area contributed by atoms with Gasteiger partial charge in [-0.25, -0.2) is 9.67 Å². The zero-order valence-corrected chi connectivity index (χ0v) is 17.7. The van der Waals surface area contributed by atoms with Crippen LogP contribution in [0, 0.1) is 0 Å². The molecule has 10 heteroatoms. The molecule has 0 saturated carbocycles. The van der Waals surface area contributed by atoms with Crippen molar-refractivity contribution in [2.45, 2.75) is 6.54 Å². The van der Waals surface area contributed by atoms with Crippen molar-refractivity contribution >= 4 is 38.6 Å². The van der Waals surface area contributed by atoms with Gasteiger partial charge in [-0.05, 0) is 36.4 Å². The number of halogens is 1. The second kappa shape index (κ2) is 7.88. The van der Waals surface area contributed by atoms with Gasteiger partial charge in [-0.2, -0.15) is 5.10 Å². The summed E-state index contributed by atoms with van der Waals surface area (Å²) in [5.41, 5.74) is 1.42. The monoisotopic (exact) mass is 481 g/mol. The summed E-state index contributed by atoms with van der Waals surface area (Å²) < 4.78 is 14.8. The standard InChI is InChI=1S/C21H16BrN5O4/c22-13-1-4-15(5-2-13)27-20-16(10-24-27)21(29)26(12-23-20)11-19(28)25-14-3-6-17-18(9-14)31-8-7-30-17/h1-6,9-10,12H,7-8,11H2,(H,25,28). The molecule has 3 heterocycles. The predicted octanol–water partition coefficient (Wildman–Crippen LogP) is 2.75. The lowest BCUT2D eigenvalue weighted by Crippen LogP contribution is -2.28. The summed E-state index contributed by atoms with van der Waals surface area (Å²) in [5, 5.41) is 7.38. The molecule has 0 fully saturated rings. The molecule has 2 aromatic heterocycles. The molecular formula is C21H16BrN5O4. The number of nitrogens with zero attached hydrogens (tertiary/aromatic N) is 4.